The lowest BCUT2D eigenvalue weighted by Gasteiger charge is -2.31. The molecular formula is C18H22ClN3O. The zero-order valence-corrected chi connectivity index (χ0v) is 14.1. The van der Waals surface area contributed by atoms with E-state index in [2.05, 4.69) is 5.32 Å². The molecule has 0 aliphatic heterocycles. The van der Waals surface area contributed by atoms with Gasteiger partial charge in [0.05, 0.1) is 0 Å². The fourth-order valence-corrected chi connectivity index (χ4v) is 3.07. The highest BCUT2D eigenvalue weighted by Gasteiger charge is 2.24. The topological polar surface area (TPSA) is 56.1 Å². The number of benzene rings is 1. The first-order valence-electron chi connectivity index (χ1n) is 7.97. The maximum absolute atomic E-state index is 12.5. The van der Waals surface area contributed by atoms with E-state index in [0.29, 0.717) is 11.6 Å². The van der Waals surface area contributed by atoms with Crippen molar-refractivity contribution < 1.29 is 4.79 Å². The Morgan fingerprint density at radius 2 is 2.09 bits per heavy atom. The van der Waals surface area contributed by atoms with E-state index in [1.54, 1.807) is 11.9 Å². The lowest BCUT2D eigenvalue weighted by molar-refractivity contribution is -0.128. The Morgan fingerprint density at radius 3 is 2.74 bits per heavy atom. The third kappa shape index (κ3) is 4.74. The van der Waals surface area contributed by atoms with Crippen LogP contribution < -0.4 is 5.32 Å². The summed E-state index contributed by atoms with van der Waals surface area (Å²) in [6.07, 6.45) is 7.07. The van der Waals surface area contributed by atoms with Crippen LogP contribution in [0.3, 0.4) is 0 Å². The fraction of sp³-hybridized carbons (Fsp3) is 0.444. The number of carbonyl (C=O) groups is 1. The summed E-state index contributed by atoms with van der Waals surface area (Å²) in [4.78, 5) is 14.2. The number of halogens is 1. The van der Waals surface area contributed by atoms with Crippen molar-refractivity contribution in [2.45, 2.75) is 44.7 Å². The first-order chi connectivity index (χ1) is 11.1. The Hall–Kier alpha value is -1.99. The second-order valence-corrected chi connectivity index (χ2v) is 6.26. The number of carbonyl (C=O) groups excluding carboxylic acids is 1. The number of hydrogen-bond acceptors (Lipinski definition) is 3. The Balaban J connectivity index is 1.96. The number of nitrogens with zero attached hydrogens (tertiary/aromatic N) is 2. The second kappa shape index (κ2) is 8.59. The molecule has 0 saturated heterocycles. The van der Waals surface area contributed by atoms with Crippen LogP contribution in [-0.2, 0) is 11.3 Å². The predicted octanol–water partition coefficient (Wildman–Crippen LogP) is 3.63. The summed E-state index contributed by atoms with van der Waals surface area (Å²) < 4.78 is 0. The molecule has 0 bridgehead atoms. The number of nitriles is 1. The van der Waals surface area contributed by atoms with Crippen molar-refractivity contribution >= 4 is 17.5 Å². The summed E-state index contributed by atoms with van der Waals surface area (Å²) in [6, 6.07) is 9.74. The third-order valence-corrected chi connectivity index (χ3v) is 4.66. The van der Waals surface area contributed by atoms with Crippen molar-refractivity contribution in [2.24, 2.45) is 0 Å². The molecule has 0 aromatic heterocycles. The first-order valence-corrected chi connectivity index (χ1v) is 8.35. The van der Waals surface area contributed by atoms with Crippen molar-refractivity contribution in [1.82, 2.24) is 10.2 Å². The molecule has 0 heterocycles. The molecule has 0 atom stereocenters. The van der Waals surface area contributed by atoms with Gasteiger partial charge in [0.25, 0.3) is 5.91 Å². The van der Waals surface area contributed by atoms with Gasteiger partial charge in [0.2, 0.25) is 0 Å². The number of hydrogen-bond donors (Lipinski definition) is 1. The van der Waals surface area contributed by atoms with Crippen LogP contribution in [0.4, 0.5) is 0 Å². The molecule has 1 amide bonds. The minimum Gasteiger partial charge on any atom is -0.386 e. The van der Waals surface area contributed by atoms with Gasteiger partial charge in [-0.05, 0) is 24.5 Å². The SMILES string of the molecule is CN(C(=O)/C(C#N)=C\NCc1ccccc1Cl)C1CCCCC1. The quantitative estimate of drug-likeness (QED) is 0.662. The maximum Gasteiger partial charge on any atom is 0.265 e. The highest BCUT2D eigenvalue weighted by atomic mass is 35.5. The normalized spacial score (nSPS) is 15.8. The fourth-order valence-electron chi connectivity index (χ4n) is 2.87. The van der Waals surface area contributed by atoms with Gasteiger partial charge in [0.15, 0.2) is 0 Å². The van der Waals surface area contributed by atoms with Crippen LogP contribution in [0.15, 0.2) is 36.0 Å². The lowest BCUT2D eigenvalue weighted by Crippen LogP contribution is -2.39. The van der Waals surface area contributed by atoms with E-state index < -0.39 is 0 Å². The number of likely N-dealkylation sites (N-methyl/N-ethyl adjacent to an activating group) is 1. The molecule has 1 N–H and O–H groups in total. The van der Waals surface area contributed by atoms with E-state index in [0.717, 1.165) is 31.2 Å². The Labute approximate surface area is 142 Å². The van der Waals surface area contributed by atoms with Crippen molar-refractivity contribution in [3.05, 3.63) is 46.6 Å². The van der Waals surface area contributed by atoms with E-state index in [1.807, 2.05) is 30.3 Å². The van der Waals surface area contributed by atoms with Crippen molar-refractivity contribution in [3.63, 3.8) is 0 Å². The molecule has 5 heteroatoms. The minimum atomic E-state index is -0.217. The van der Waals surface area contributed by atoms with E-state index >= 15 is 0 Å². The van der Waals surface area contributed by atoms with Crippen molar-refractivity contribution in [3.8, 4) is 6.07 Å². The summed E-state index contributed by atoms with van der Waals surface area (Å²) in [5.74, 6) is -0.217. The summed E-state index contributed by atoms with van der Waals surface area (Å²) in [5, 5.41) is 12.9. The summed E-state index contributed by atoms with van der Waals surface area (Å²) in [5.41, 5.74) is 1.06. The van der Waals surface area contributed by atoms with Crippen molar-refractivity contribution in [2.75, 3.05) is 7.05 Å². The largest absolute Gasteiger partial charge is 0.386 e. The van der Waals surface area contributed by atoms with Crippen molar-refractivity contribution in [1.29, 1.82) is 5.26 Å². The molecule has 4 nitrogen and oxygen atoms in total. The van der Waals surface area contributed by atoms with Gasteiger partial charge in [-0.3, -0.25) is 4.79 Å². The molecule has 122 valence electrons. The number of amides is 1. The monoisotopic (exact) mass is 331 g/mol. The molecule has 1 aromatic carbocycles. The molecule has 1 saturated carbocycles. The molecule has 1 aliphatic carbocycles. The highest BCUT2D eigenvalue weighted by Crippen LogP contribution is 2.22. The van der Waals surface area contributed by atoms with E-state index in [1.165, 1.54) is 12.6 Å². The minimum absolute atomic E-state index is 0.130. The average Bonchev–Trinajstić information content (AvgIpc) is 2.60. The van der Waals surface area contributed by atoms with Gasteiger partial charge >= 0.3 is 0 Å². The molecule has 23 heavy (non-hydrogen) atoms. The third-order valence-electron chi connectivity index (χ3n) is 4.29. The van der Waals surface area contributed by atoms with Crippen LogP contribution >= 0.6 is 11.6 Å². The molecule has 0 spiro atoms. The summed E-state index contributed by atoms with van der Waals surface area (Å²) >= 11 is 6.09. The molecule has 1 aliphatic rings. The molecule has 0 unspecified atom stereocenters. The van der Waals surface area contributed by atoms with Crippen LogP contribution in [0.5, 0.6) is 0 Å². The maximum atomic E-state index is 12.5. The van der Waals surface area contributed by atoms with Gasteiger partial charge in [-0.1, -0.05) is 49.1 Å². The molecular weight excluding hydrogens is 310 g/mol. The second-order valence-electron chi connectivity index (χ2n) is 5.85. The van der Waals surface area contributed by atoms with Crippen LogP contribution in [0.25, 0.3) is 0 Å². The van der Waals surface area contributed by atoms with Crippen LogP contribution in [-0.4, -0.2) is 23.9 Å². The Kier molecular flexibility index (Phi) is 6.49. The van der Waals surface area contributed by atoms with E-state index in [4.69, 9.17) is 11.6 Å². The van der Waals surface area contributed by atoms with Crippen LogP contribution in [0.2, 0.25) is 5.02 Å². The summed E-state index contributed by atoms with van der Waals surface area (Å²) in [6.45, 7) is 0.477. The van der Waals surface area contributed by atoms with Gasteiger partial charge in [-0.25, -0.2) is 0 Å². The van der Waals surface area contributed by atoms with Gasteiger partial charge < -0.3 is 10.2 Å². The average molecular weight is 332 g/mol. The van der Waals surface area contributed by atoms with Crippen LogP contribution in [0.1, 0.15) is 37.7 Å². The van der Waals surface area contributed by atoms with Crippen LogP contribution in [0, 0.1) is 11.3 Å². The Bertz CT molecular complexity index is 615. The van der Waals surface area contributed by atoms with E-state index in [9.17, 15) is 10.1 Å². The lowest BCUT2D eigenvalue weighted by atomic mass is 9.94. The zero-order chi connectivity index (χ0) is 16.7. The summed E-state index contributed by atoms with van der Waals surface area (Å²) in [7, 11) is 1.79. The molecule has 1 fully saturated rings. The van der Waals surface area contributed by atoms with E-state index in [-0.39, 0.29) is 17.5 Å². The number of rotatable bonds is 5. The molecule has 0 radical (unpaired) electrons. The smallest absolute Gasteiger partial charge is 0.265 e. The first kappa shape index (κ1) is 17.4. The van der Waals surface area contributed by atoms with Gasteiger partial charge in [-0.15, -0.1) is 0 Å². The van der Waals surface area contributed by atoms with Gasteiger partial charge in [-0.2, -0.15) is 5.26 Å². The Morgan fingerprint density at radius 1 is 1.39 bits per heavy atom. The van der Waals surface area contributed by atoms with Gasteiger partial charge in [0.1, 0.15) is 11.6 Å². The molecule has 1 aromatic rings. The van der Waals surface area contributed by atoms with Gasteiger partial charge in [0, 0.05) is 30.9 Å². The zero-order valence-electron chi connectivity index (χ0n) is 13.4. The highest BCUT2D eigenvalue weighted by molar-refractivity contribution is 6.31. The molecule has 2 rings (SSSR count). The number of nitrogens with one attached hydrogen (secondary N) is 1. The standard InChI is InChI=1S/C18H22ClN3O/c1-22(16-8-3-2-4-9-16)18(23)15(11-20)13-21-12-14-7-5-6-10-17(14)19/h5-7,10,13,16,21H,2-4,8-9,12H2,1H3/b15-13-. The predicted molar refractivity (Wildman–Crippen MR) is 91.6 cm³/mol.